The molecule has 0 fully saturated rings. The quantitative estimate of drug-likeness (QED) is 0.362. The van der Waals surface area contributed by atoms with E-state index < -0.39 is 0 Å². The van der Waals surface area contributed by atoms with E-state index in [9.17, 15) is 0 Å². The molecular weight excluding hydrogens is 316 g/mol. The van der Waals surface area contributed by atoms with Crippen molar-refractivity contribution >= 4 is 6.21 Å². The molecule has 0 bridgehead atoms. The van der Waals surface area contributed by atoms with Gasteiger partial charge in [0.25, 0.3) is 0 Å². The minimum atomic E-state index is 0. The monoisotopic (exact) mass is 334 g/mol. The van der Waals surface area contributed by atoms with Crippen LogP contribution in [-0.4, -0.2) is 11.4 Å². The first-order valence-electron chi connectivity index (χ1n) is 6.45. The molecule has 106 valence electrons. The van der Waals surface area contributed by atoms with Gasteiger partial charge >= 0.3 is 0 Å². The number of halogens is 1. The molecule has 0 aliphatic heterocycles. The fraction of sp³-hybridized carbons (Fsp3) is 0.250. The van der Waals surface area contributed by atoms with Gasteiger partial charge in [-0.1, -0.05) is 43.3 Å². The summed E-state index contributed by atoms with van der Waals surface area (Å²) < 4.78 is 2.05. The van der Waals surface area contributed by atoms with Crippen LogP contribution in [0.2, 0.25) is 0 Å². The molecule has 2 rings (SSSR count). The van der Waals surface area contributed by atoms with E-state index in [1.807, 2.05) is 29.0 Å². The van der Waals surface area contributed by atoms with Crippen LogP contribution in [0.3, 0.4) is 0 Å². The average molecular weight is 335 g/mol. The smallest absolute Gasteiger partial charge is 0.227 e. The maximum absolute atomic E-state index is 8.66. The molecule has 1 heterocycles. The van der Waals surface area contributed by atoms with Crippen LogP contribution in [0, 0.1) is 0 Å². The Labute approximate surface area is 130 Å². The number of benzene rings is 1. The maximum atomic E-state index is 8.66. The third-order valence-corrected chi connectivity index (χ3v) is 3.17. The molecule has 2 aromatic rings. The average Bonchev–Trinajstić information content (AvgIpc) is 2.42. The highest BCUT2D eigenvalue weighted by molar-refractivity contribution is 5.74. The molecule has 1 N–H and O–H groups in total. The van der Waals surface area contributed by atoms with Gasteiger partial charge in [0.05, 0.1) is 0 Å². The molecule has 1 aromatic carbocycles. The molecule has 0 saturated carbocycles. The molecule has 0 aliphatic carbocycles. The zero-order valence-electron chi connectivity index (χ0n) is 11.7. The van der Waals surface area contributed by atoms with Gasteiger partial charge in [-0.25, -0.2) is 0 Å². The van der Waals surface area contributed by atoms with E-state index >= 15 is 0 Å². The van der Waals surface area contributed by atoms with E-state index in [4.69, 9.17) is 5.21 Å². The fourth-order valence-corrected chi connectivity index (χ4v) is 2.01. The summed E-state index contributed by atoms with van der Waals surface area (Å²) in [6.07, 6.45) is 3.43. The standard InChI is InChI=1S/C16H18N2O.BrH/c1-13(2)15-8-6-14(7-9-15)12-18-10-4-3-5-16(18)11-17-19;/h3-11,13H,12H2,1-2H3;1H. The van der Waals surface area contributed by atoms with E-state index in [-0.39, 0.29) is 17.0 Å². The van der Waals surface area contributed by atoms with Crippen molar-refractivity contribution in [2.75, 3.05) is 0 Å². The Morgan fingerprint density at radius 2 is 1.85 bits per heavy atom. The summed E-state index contributed by atoms with van der Waals surface area (Å²) in [5, 5.41) is 11.8. The van der Waals surface area contributed by atoms with Crippen molar-refractivity contribution in [1.29, 1.82) is 0 Å². The summed E-state index contributed by atoms with van der Waals surface area (Å²) in [5.74, 6) is 0.551. The van der Waals surface area contributed by atoms with Crippen LogP contribution in [0.15, 0.2) is 53.8 Å². The molecule has 0 radical (unpaired) electrons. The van der Waals surface area contributed by atoms with Crippen LogP contribution in [0.1, 0.15) is 36.6 Å². The summed E-state index contributed by atoms with van der Waals surface area (Å²) in [6.45, 7) is 5.15. The first-order chi connectivity index (χ1) is 9.20. The van der Waals surface area contributed by atoms with E-state index in [2.05, 4.69) is 43.3 Å². The Morgan fingerprint density at radius 1 is 1.15 bits per heavy atom. The van der Waals surface area contributed by atoms with Gasteiger partial charge in [0, 0.05) is 17.7 Å². The van der Waals surface area contributed by atoms with E-state index in [1.54, 1.807) is 0 Å². The lowest BCUT2D eigenvalue weighted by Crippen LogP contribution is -3.00. The highest BCUT2D eigenvalue weighted by atomic mass is 79.9. The van der Waals surface area contributed by atoms with Gasteiger partial charge in [0.15, 0.2) is 12.7 Å². The molecule has 0 atom stereocenters. The Bertz CT molecular complexity index is 565. The topological polar surface area (TPSA) is 36.5 Å². The van der Waals surface area contributed by atoms with Crippen molar-refractivity contribution in [1.82, 2.24) is 0 Å². The van der Waals surface area contributed by atoms with E-state index in [0.717, 1.165) is 12.2 Å². The van der Waals surface area contributed by atoms with Crippen LogP contribution in [0.4, 0.5) is 0 Å². The van der Waals surface area contributed by atoms with Crippen molar-refractivity contribution in [2.24, 2.45) is 5.16 Å². The van der Waals surface area contributed by atoms with Gasteiger partial charge in [-0.2, -0.15) is 4.57 Å². The van der Waals surface area contributed by atoms with Crippen molar-refractivity contribution in [3.63, 3.8) is 0 Å². The lowest BCUT2D eigenvalue weighted by atomic mass is 10.0. The third-order valence-electron chi connectivity index (χ3n) is 3.17. The Morgan fingerprint density at radius 3 is 2.45 bits per heavy atom. The summed E-state index contributed by atoms with van der Waals surface area (Å²) >= 11 is 0. The number of pyridine rings is 1. The third kappa shape index (κ3) is 4.17. The number of hydrogen-bond acceptors (Lipinski definition) is 2. The number of hydrogen-bond donors (Lipinski definition) is 1. The second-order valence-corrected chi connectivity index (χ2v) is 4.89. The Kier molecular flexibility index (Phi) is 6.39. The number of aromatic nitrogens is 1. The van der Waals surface area contributed by atoms with Crippen molar-refractivity contribution in [2.45, 2.75) is 26.3 Å². The molecule has 1 aromatic heterocycles. The zero-order valence-corrected chi connectivity index (χ0v) is 13.3. The lowest BCUT2D eigenvalue weighted by Gasteiger charge is -2.06. The maximum Gasteiger partial charge on any atom is 0.227 e. The van der Waals surface area contributed by atoms with Crippen molar-refractivity contribution < 1.29 is 26.8 Å². The van der Waals surface area contributed by atoms with Crippen LogP contribution >= 0.6 is 0 Å². The highest BCUT2D eigenvalue weighted by Crippen LogP contribution is 2.14. The van der Waals surface area contributed by atoms with Crippen LogP contribution in [-0.2, 0) is 6.54 Å². The van der Waals surface area contributed by atoms with Crippen molar-refractivity contribution in [3.8, 4) is 0 Å². The number of rotatable bonds is 4. The van der Waals surface area contributed by atoms with Gasteiger partial charge in [0.2, 0.25) is 5.69 Å². The molecule has 0 spiro atoms. The zero-order chi connectivity index (χ0) is 13.7. The molecule has 0 amide bonds. The summed E-state index contributed by atoms with van der Waals surface area (Å²) in [4.78, 5) is 0. The minimum Gasteiger partial charge on any atom is -1.00 e. The first kappa shape index (κ1) is 16.4. The molecule has 4 heteroatoms. The summed E-state index contributed by atoms with van der Waals surface area (Å²) in [7, 11) is 0. The van der Waals surface area contributed by atoms with Gasteiger partial charge < -0.3 is 22.2 Å². The lowest BCUT2D eigenvalue weighted by molar-refractivity contribution is -0.689. The van der Waals surface area contributed by atoms with Crippen LogP contribution < -0.4 is 21.5 Å². The largest absolute Gasteiger partial charge is 1.00 e. The predicted molar refractivity (Wildman–Crippen MR) is 75.7 cm³/mol. The van der Waals surface area contributed by atoms with Gasteiger partial charge in [0.1, 0.15) is 6.21 Å². The second-order valence-electron chi connectivity index (χ2n) is 4.89. The first-order valence-corrected chi connectivity index (χ1v) is 6.45. The number of nitrogens with zero attached hydrogens (tertiary/aromatic N) is 2. The molecule has 0 aliphatic rings. The highest BCUT2D eigenvalue weighted by Gasteiger charge is 2.08. The van der Waals surface area contributed by atoms with E-state index in [0.29, 0.717) is 5.92 Å². The number of oxime groups is 1. The molecule has 0 unspecified atom stereocenters. The van der Waals surface area contributed by atoms with Gasteiger partial charge in [-0.05, 0) is 17.5 Å². The summed E-state index contributed by atoms with van der Waals surface area (Å²) in [5.41, 5.74) is 3.45. The minimum absolute atomic E-state index is 0. The normalized spacial score (nSPS) is 10.8. The Hall–Kier alpha value is -1.68. The molecule has 3 nitrogen and oxygen atoms in total. The summed E-state index contributed by atoms with van der Waals surface area (Å²) in [6, 6.07) is 14.5. The fourth-order valence-electron chi connectivity index (χ4n) is 2.01. The van der Waals surface area contributed by atoms with Crippen LogP contribution in [0.5, 0.6) is 0 Å². The Balaban J connectivity index is 0.00000200. The van der Waals surface area contributed by atoms with Crippen molar-refractivity contribution in [3.05, 3.63) is 65.5 Å². The van der Waals surface area contributed by atoms with Gasteiger partial charge in [-0.3, -0.25) is 0 Å². The molecule has 0 saturated heterocycles. The predicted octanol–water partition coefficient (Wildman–Crippen LogP) is -0.0421. The molecular formula is C16H19BrN2O. The SMILES string of the molecule is CC(C)c1ccc(C[n+]2ccccc2/C=N/O)cc1.[Br-]. The van der Waals surface area contributed by atoms with Crippen LogP contribution in [0.25, 0.3) is 0 Å². The van der Waals surface area contributed by atoms with Gasteiger partial charge in [-0.15, -0.1) is 0 Å². The molecule has 20 heavy (non-hydrogen) atoms. The second kappa shape index (κ2) is 7.80. The van der Waals surface area contributed by atoms with E-state index in [1.165, 1.54) is 17.3 Å².